The molecule has 4 heteroatoms. The normalized spacial score (nSPS) is 14.2. The van der Waals surface area contributed by atoms with E-state index >= 15 is 0 Å². The maximum atomic E-state index is 13.8. The molecule has 0 aliphatic rings. The number of halogens is 3. The maximum absolute atomic E-state index is 13.8. The van der Waals surface area contributed by atoms with Crippen LogP contribution in [0.2, 0.25) is 0 Å². The Balaban J connectivity index is 2.54. The molecule has 2 N–H and O–H groups in total. The Morgan fingerprint density at radius 2 is 1.63 bits per heavy atom. The molecule has 0 radical (unpaired) electrons. The van der Waals surface area contributed by atoms with Crippen molar-refractivity contribution in [3.63, 3.8) is 0 Å². The summed E-state index contributed by atoms with van der Waals surface area (Å²) in [6.45, 7) is 3.19. The number of hydrogen-bond donors (Lipinski definition) is 1. The van der Waals surface area contributed by atoms with Crippen molar-refractivity contribution in [2.75, 3.05) is 0 Å². The molecule has 0 saturated carbocycles. The predicted octanol–water partition coefficient (Wildman–Crippen LogP) is 3.63. The Morgan fingerprint density at radius 1 is 0.947 bits per heavy atom. The van der Waals surface area contributed by atoms with Crippen molar-refractivity contribution in [1.29, 1.82) is 0 Å². The minimum Gasteiger partial charge on any atom is -0.318 e. The first kappa shape index (κ1) is 13.6. The average molecular weight is 265 g/mol. The molecule has 0 aromatic heterocycles. The van der Waals surface area contributed by atoms with Gasteiger partial charge in [0.05, 0.1) is 5.54 Å². The Labute approximate surface area is 109 Å². The van der Waals surface area contributed by atoms with Crippen LogP contribution >= 0.6 is 0 Å². The molecule has 2 rings (SSSR count). The largest absolute Gasteiger partial charge is 0.318 e. The van der Waals surface area contributed by atoms with Crippen LogP contribution in [0.4, 0.5) is 13.2 Å². The fraction of sp³-hybridized carbons (Fsp3) is 0.200. The zero-order valence-electron chi connectivity index (χ0n) is 10.7. The molecule has 1 unspecified atom stereocenters. The molecule has 0 heterocycles. The third-order valence-corrected chi connectivity index (χ3v) is 3.26. The summed E-state index contributed by atoms with van der Waals surface area (Å²) >= 11 is 0. The van der Waals surface area contributed by atoms with Crippen LogP contribution in [0.25, 0.3) is 0 Å². The van der Waals surface area contributed by atoms with Crippen molar-refractivity contribution in [3.8, 4) is 0 Å². The third-order valence-electron chi connectivity index (χ3n) is 3.26. The minimum atomic E-state index is -1.23. The van der Waals surface area contributed by atoms with Gasteiger partial charge >= 0.3 is 0 Å². The van der Waals surface area contributed by atoms with E-state index in [9.17, 15) is 13.2 Å². The van der Waals surface area contributed by atoms with E-state index in [2.05, 4.69) is 0 Å². The number of hydrogen-bond acceptors (Lipinski definition) is 1. The fourth-order valence-electron chi connectivity index (χ4n) is 1.98. The molecular weight excluding hydrogens is 251 g/mol. The molecule has 1 atom stereocenters. The molecule has 2 aromatic carbocycles. The Kier molecular flexibility index (Phi) is 3.37. The van der Waals surface area contributed by atoms with Crippen LogP contribution in [0.5, 0.6) is 0 Å². The van der Waals surface area contributed by atoms with E-state index in [0.717, 1.165) is 12.1 Å². The third kappa shape index (κ3) is 2.49. The van der Waals surface area contributed by atoms with E-state index < -0.39 is 23.0 Å². The van der Waals surface area contributed by atoms with Crippen LogP contribution in [0.1, 0.15) is 23.6 Å². The zero-order chi connectivity index (χ0) is 14.2. The van der Waals surface area contributed by atoms with Crippen LogP contribution < -0.4 is 5.73 Å². The Morgan fingerprint density at radius 3 is 2.21 bits per heavy atom. The standard InChI is InChI=1S/C15H14F3N/c1-9-3-4-10(7-13(9)17)15(2,19)12-6-5-11(16)8-14(12)18/h3-8H,19H2,1-2H3. The lowest BCUT2D eigenvalue weighted by atomic mass is 9.85. The fourth-order valence-corrected chi connectivity index (χ4v) is 1.98. The van der Waals surface area contributed by atoms with Crippen LogP contribution in [-0.4, -0.2) is 0 Å². The van der Waals surface area contributed by atoms with Gasteiger partial charge in [0.1, 0.15) is 17.5 Å². The van der Waals surface area contributed by atoms with Gasteiger partial charge in [0.25, 0.3) is 0 Å². The van der Waals surface area contributed by atoms with Crippen LogP contribution in [0.15, 0.2) is 36.4 Å². The van der Waals surface area contributed by atoms with E-state index in [1.807, 2.05) is 0 Å². The SMILES string of the molecule is Cc1ccc(C(C)(N)c2ccc(F)cc2F)cc1F. The first-order chi connectivity index (χ1) is 8.82. The highest BCUT2D eigenvalue weighted by Gasteiger charge is 2.27. The van der Waals surface area contributed by atoms with Gasteiger partial charge in [-0.1, -0.05) is 18.2 Å². The summed E-state index contributed by atoms with van der Waals surface area (Å²) in [6, 6.07) is 7.68. The van der Waals surface area contributed by atoms with Gasteiger partial charge in [0.15, 0.2) is 0 Å². The van der Waals surface area contributed by atoms with Gasteiger partial charge in [-0.05, 0) is 37.1 Å². The smallest absolute Gasteiger partial charge is 0.131 e. The molecule has 2 aromatic rings. The minimum absolute atomic E-state index is 0.122. The lowest BCUT2D eigenvalue weighted by molar-refractivity contribution is 0.513. The van der Waals surface area contributed by atoms with Crippen LogP contribution in [-0.2, 0) is 5.54 Å². The number of nitrogens with two attached hydrogens (primary N) is 1. The lowest BCUT2D eigenvalue weighted by Gasteiger charge is -2.26. The lowest BCUT2D eigenvalue weighted by Crippen LogP contribution is -2.35. The molecular formula is C15H14F3N. The zero-order valence-corrected chi connectivity index (χ0v) is 10.7. The van der Waals surface area contributed by atoms with Crippen molar-refractivity contribution in [2.24, 2.45) is 5.73 Å². The molecule has 1 nitrogen and oxygen atoms in total. The Bertz CT molecular complexity index is 621. The van der Waals surface area contributed by atoms with E-state index in [-0.39, 0.29) is 5.56 Å². The summed E-state index contributed by atoms with van der Waals surface area (Å²) in [4.78, 5) is 0. The number of rotatable bonds is 2. The van der Waals surface area contributed by atoms with Crippen LogP contribution in [0.3, 0.4) is 0 Å². The molecule has 0 saturated heterocycles. The highest BCUT2D eigenvalue weighted by atomic mass is 19.1. The summed E-state index contributed by atoms with van der Waals surface area (Å²) in [6.07, 6.45) is 0. The molecule has 19 heavy (non-hydrogen) atoms. The van der Waals surface area contributed by atoms with E-state index in [1.165, 1.54) is 12.1 Å². The first-order valence-electron chi connectivity index (χ1n) is 5.83. The van der Waals surface area contributed by atoms with Gasteiger partial charge < -0.3 is 5.73 Å². The van der Waals surface area contributed by atoms with Gasteiger partial charge in [-0.2, -0.15) is 0 Å². The van der Waals surface area contributed by atoms with Gasteiger partial charge in [-0.15, -0.1) is 0 Å². The second kappa shape index (κ2) is 4.70. The molecule has 0 spiro atoms. The van der Waals surface area contributed by atoms with E-state index in [1.54, 1.807) is 26.0 Å². The summed E-state index contributed by atoms with van der Waals surface area (Å²) in [7, 11) is 0. The second-order valence-corrected chi connectivity index (χ2v) is 4.79. The maximum Gasteiger partial charge on any atom is 0.131 e. The van der Waals surface area contributed by atoms with E-state index in [0.29, 0.717) is 11.1 Å². The predicted molar refractivity (Wildman–Crippen MR) is 68.1 cm³/mol. The number of aryl methyl sites for hydroxylation is 1. The molecule has 100 valence electrons. The highest BCUT2D eigenvalue weighted by Crippen LogP contribution is 2.29. The Hall–Kier alpha value is -1.81. The molecule has 0 fully saturated rings. The monoisotopic (exact) mass is 265 g/mol. The molecule has 0 aliphatic carbocycles. The van der Waals surface area contributed by atoms with Gasteiger partial charge in [0.2, 0.25) is 0 Å². The van der Waals surface area contributed by atoms with Crippen molar-refractivity contribution >= 4 is 0 Å². The average Bonchev–Trinajstić information content (AvgIpc) is 2.32. The summed E-state index contributed by atoms with van der Waals surface area (Å²) in [5.74, 6) is -1.82. The summed E-state index contributed by atoms with van der Waals surface area (Å²) < 4.78 is 40.3. The van der Waals surface area contributed by atoms with Gasteiger partial charge in [0, 0.05) is 11.6 Å². The van der Waals surface area contributed by atoms with E-state index in [4.69, 9.17) is 5.73 Å². The summed E-state index contributed by atoms with van der Waals surface area (Å²) in [5, 5.41) is 0. The van der Waals surface area contributed by atoms with Crippen molar-refractivity contribution in [3.05, 3.63) is 70.5 Å². The molecule has 0 bridgehead atoms. The second-order valence-electron chi connectivity index (χ2n) is 4.79. The van der Waals surface area contributed by atoms with Gasteiger partial charge in [-0.3, -0.25) is 0 Å². The van der Waals surface area contributed by atoms with Crippen molar-refractivity contribution < 1.29 is 13.2 Å². The highest BCUT2D eigenvalue weighted by molar-refractivity contribution is 5.39. The molecule has 0 aliphatic heterocycles. The number of benzene rings is 2. The van der Waals surface area contributed by atoms with Crippen molar-refractivity contribution in [1.82, 2.24) is 0 Å². The van der Waals surface area contributed by atoms with Gasteiger partial charge in [-0.25, -0.2) is 13.2 Å². The topological polar surface area (TPSA) is 26.0 Å². The first-order valence-corrected chi connectivity index (χ1v) is 5.83. The molecule has 0 amide bonds. The van der Waals surface area contributed by atoms with Crippen molar-refractivity contribution in [2.45, 2.75) is 19.4 Å². The quantitative estimate of drug-likeness (QED) is 0.881. The summed E-state index contributed by atoms with van der Waals surface area (Å²) in [5.41, 5.74) is 5.91. The van der Waals surface area contributed by atoms with Crippen LogP contribution in [0, 0.1) is 24.4 Å².